The first kappa shape index (κ1) is 21.8. The van der Waals surface area contributed by atoms with Crippen LogP contribution >= 0.6 is 11.3 Å². The van der Waals surface area contributed by atoms with E-state index in [2.05, 4.69) is 5.10 Å². The Hall–Kier alpha value is -4.70. The Morgan fingerprint density at radius 2 is 1.89 bits per heavy atom. The molecule has 0 unspecified atom stereocenters. The van der Waals surface area contributed by atoms with Gasteiger partial charge in [0.05, 0.1) is 28.5 Å². The molecule has 6 rings (SSSR count). The van der Waals surface area contributed by atoms with Crippen LogP contribution in [0.15, 0.2) is 86.6 Å². The second-order valence-electron chi connectivity index (χ2n) is 8.08. The number of hydrogen-bond acceptors (Lipinski definition) is 8. The first-order valence-corrected chi connectivity index (χ1v) is 11.9. The number of thiazole rings is 1. The lowest BCUT2D eigenvalue weighted by Gasteiger charge is -2.03. The van der Waals surface area contributed by atoms with E-state index in [9.17, 15) is 10.1 Å². The van der Waals surface area contributed by atoms with Crippen LogP contribution in [0.4, 0.5) is 11.4 Å². The molecule has 2 aromatic heterocycles. The van der Waals surface area contributed by atoms with Crippen molar-refractivity contribution in [3.63, 3.8) is 0 Å². The number of nitro benzene ring substituents is 1. The van der Waals surface area contributed by atoms with Crippen LogP contribution in [0.2, 0.25) is 0 Å². The van der Waals surface area contributed by atoms with Crippen molar-refractivity contribution in [1.82, 2.24) is 4.68 Å². The second kappa shape index (κ2) is 8.82. The minimum atomic E-state index is -0.472. The van der Waals surface area contributed by atoms with E-state index < -0.39 is 4.92 Å². The summed E-state index contributed by atoms with van der Waals surface area (Å²) < 4.78 is 18.4. The molecule has 178 valence electrons. The number of furan rings is 1. The lowest BCUT2D eigenvalue weighted by atomic mass is 10.1. The van der Waals surface area contributed by atoms with Crippen molar-refractivity contribution in [2.24, 2.45) is 10.1 Å². The first-order valence-electron chi connectivity index (χ1n) is 11.0. The summed E-state index contributed by atoms with van der Waals surface area (Å²) in [6.07, 6.45) is 1.42. The molecule has 0 amide bonds. The smallest absolute Gasteiger partial charge is 0.282 e. The maximum atomic E-state index is 11.7. The summed E-state index contributed by atoms with van der Waals surface area (Å²) in [6, 6.07) is 20.4. The Kier molecular flexibility index (Phi) is 5.34. The molecule has 0 N–H and O–H groups in total. The Balaban J connectivity index is 1.52. The summed E-state index contributed by atoms with van der Waals surface area (Å²) in [4.78, 5) is 16.6. The highest BCUT2D eigenvalue weighted by molar-refractivity contribution is 7.07. The number of hydrogen-bond donors (Lipinski definition) is 0. The van der Waals surface area contributed by atoms with Crippen molar-refractivity contribution in [1.29, 1.82) is 0 Å². The summed E-state index contributed by atoms with van der Waals surface area (Å²) >= 11 is 1.39. The number of fused-ring (bicyclic) bond motifs is 2. The maximum Gasteiger partial charge on any atom is 0.282 e. The van der Waals surface area contributed by atoms with Crippen LogP contribution in [0.25, 0.3) is 22.4 Å². The molecule has 0 radical (unpaired) electrons. The van der Waals surface area contributed by atoms with E-state index in [1.54, 1.807) is 10.7 Å². The highest BCUT2D eigenvalue weighted by Gasteiger charge is 2.23. The van der Waals surface area contributed by atoms with Gasteiger partial charge in [-0.05, 0) is 42.8 Å². The molecular weight excluding hydrogens is 480 g/mol. The van der Waals surface area contributed by atoms with E-state index in [0.29, 0.717) is 27.8 Å². The molecule has 36 heavy (non-hydrogen) atoms. The number of nitro groups is 1. The predicted octanol–water partition coefficient (Wildman–Crippen LogP) is 6.02. The molecule has 9 nitrogen and oxygen atoms in total. The first-order chi connectivity index (χ1) is 17.5. The molecule has 5 aromatic rings. The number of para-hydroxylation sites is 1. The number of aryl methyl sites for hydroxylation is 1. The number of benzene rings is 3. The molecular formula is C26H18N4O5S. The number of aromatic nitrogens is 1. The normalized spacial score (nSPS) is 13.2. The third-order valence-corrected chi connectivity index (χ3v) is 6.44. The largest absolute Gasteiger partial charge is 0.454 e. The highest BCUT2D eigenvalue weighted by Crippen LogP contribution is 2.37. The van der Waals surface area contributed by atoms with Crippen molar-refractivity contribution in [3.05, 3.63) is 98.2 Å². The molecule has 10 heteroatoms. The number of ether oxygens (including phenoxy) is 2. The summed E-state index contributed by atoms with van der Waals surface area (Å²) in [6.45, 7) is 2.01. The van der Waals surface area contributed by atoms with Gasteiger partial charge in [-0.2, -0.15) is 5.10 Å². The van der Waals surface area contributed by atoms with Gasteiger partial charge < -0.3 is 13.9 Å². The van der Waals surface area contributed by atoms with Crippen LogP contribution in [-0.4, -0.2) is 22.6 Å². The second-order valence-corrected chi connectivity index (χ2v) is 8.92. The van der Waals surface area contributed by atoms with Crippen LogP contribution in [-0.2, 0) is 0 Å². The molecule has 0 saturated carbocycles. The molecule has 0 spiro atoms. The fourth-order valence-corrected chi connectivity index (χ4v) is 4.74. The van der Waals surface area contributed by atoms with Gasteiger partial charge in [0.15, 0.2) is 17.3 Å². The van der Waals surface area contributed by atoms with E-state index in [1.807, 2.05) is 66.9 Å². The van der Waals surface area contributed by atoms with Crippen LogP contribution in [0.1, 0.15) is 11.1 Å². The fraction of sp³-hybridized carbons (Fsp3) is 0.0769. The summed E-state index contributed by atoms with van der Waals surface area (Å²) in [5, 5.41) is 19.2. The minimum absolute atomic E-state index is 0.0160. The van der Waals surface area contributed by atoms with Gasteiger partial charge in [-0.25, -0.2) is 9.67 Å². The Morgan fingerprint density at radius 3 is 2.69 bits per heavy atom. The lowest BCUT2D eigenvalue weighted by Crippen LogP contribution is -2.11. The molecule has 0 fully saturated rings. The molecule has 3 aromatic carbocycles. The van der Waals surface area contributed by atoms with E-state index >= 15 is 0 Å². The maximum absolute atomic E-state index is 11.7. The van der Waals surface area contributed by atoms with E-state index in [0.717, 1.165) is 22.2 Å². The number of nitrogens with zero attached hydrogens (tertiary/aromatic N) is 4. The average Bonchev–Trinajstić information content (AvgIpc) is 3.59. The monoisotopic (exact) mass is 498 g/mol. The number of rotatable bonds is 5. The zero-order valence-corrected chi connectivity index (χ0v) is 19.8. The topological polar surface area (TPSA) is 104 Å². The van der Waals surface area contributed by atoms with Crippen LogP contribution in [0.5, 0.6) is 11.5 Å². The van der Waals surface area contributed by atoms with Gasteiger partial charge in [-0.3, -0.25) is 10.1 Å². The van der Waals surface area contributed by atoms with Gasteiger partial charge in [0, 0.05) is 10.8 Å². The van der Waals surface area contributed by atoms with E-state index in [1.165, 1.54) is 23.6 Å². The van der Waals surface area contributed by atoms with Crippen molar-refractivity contribution in [2.45, 2.75) is 6.92 Å². The third kappa shape index (κ3) is 4.03. The molecule has 0 aliphatic carbocycles. The Morgan fingerprint density at radius 1 is 1.06 bits per heavy atom. The fourth-order valence-electron chi connectivity index (χ4n) is 3.90. The minimum Gasteiger partial charge on any atom is -0.454 e. The van der Waals surface area contributed by atoms with Crippen LogP contribution in [0.3, 0.4) is 0 Å². The van der Waals surface area contributed by atoms with Gasteiger partial charge in [0.2, 0.25) is 11.6 Å². The summed E-state index contributed by atoms with van der Waals surface area (Å²) in [7, 11) is 0. The third-order valence-electron chi connectivity index (χ3n) is 5.62. The molecule has 3 heterocycles. The molecule has 0 atom stereocenters. The highest BCUT2D eigenvalue weighted by atomic mass is 32.1. The van der Waals surface area contributed by atoms with Gasteiger partial charge in [0.1, 0.15) is 11.3 Å². The zero-order valence-electron chi connectivity index (χ0n) is 19.0. The van der Waals surface area contributed by atoms with Crippen molar-refractivity contribution in [2.75, 3.05) is 6.79 Å². The standard InChI is InChI=1S/C26H18N4O5S/c1-16-5-4-7-19(9-16)28-26-29(21(14-36-26)23-10-17-6-2-3-8-22(17)35-23)27-13-18-11-24-25(34-15-33-24)12-20(18)30(31)32/h2-14H,15H2,1H3. The zero-order chi connectivity index (χ0) is 24.6. The summed E-state index contributed by atoms with van der Waals surface area (Å²) in [5.41, 5.74) is 3.41. The lowest BCUT2D eigenvalue weighted by molar-refractivity contribution is -0.385. The summed E-state index contributed by atoms with van der Waals surface area (Å²) in [5.74, 6) is 1.37. The van der Waals surface area contributed by atoms with Crippen molar-refractivity contribution >= 4 is 39.9 Å². The van der Waals surface area contributed by atoms with Gasteiger partial charge >= 0.3 is 0 Å². The molecule has 0 saturated heterocycles. The van der Waals surface area contributed by atoms with E-state index in [4.69, 9.17) is 18.9 Å². The van der Waals surface area contributed by atoms with Gasteiger partial charge in [-0.1, -0.05) is 30.3 Å². The van der Waals surface area contributed by atoms with Crippen molar-refractivity contribution in [3.8, 4) is 23.0 Å². The molecule has 1 aliphatic rings. The van der Waals surface area contributed by atoms with Crippen LogP contribution in [0, 0.1) is 17.0 Å². The molecule has 1 aliphatic heterocycles. The quantitative estimate of drug-likeness (QED) is 0.167. The predicted molar refractivity (Wildman–Crippen MR) is 136 cm³/mol. The van der Waals surface area contributed by atoms with E-state index in [-0.39, 0.29) is 18.0 Å². The average molecular weight is 499 g/mol. The van der Waals surface area contributed by atoms with Gasteiger partial charge in [-0.15, -0.1) is 11.3 Å². The Labute approximate surface area is 208 Å². The molecule has 0 bridgehead atoms. The van der Waals surface area contributed by atoms with Gasteiger partial charge in [0.25, 0.3) is 5.69 Å². The Bertz CT molecular complexity index is 1700. The van der Waals surface area contributed by atoms with Crippen LogP contribution < -0.4 is 14.3 Å². The SMILES string of the molecule is Cc1cccc(N=c2scc(-c3cc4ccccc4o3)n2N=Cc2cc3c(cc2[N+](=O)[O-])OCO3)c1. The van der Waals surface area contributed by atoms with Crippen molar-refractivity contribution < 1.29 is 18.8 Å².